The minimum atomic E-state index is 0.788. The fourth-order valence-electron chi connectivity index (χ4n) is 3.07. The molecule has 1 saturated heterocycles. The summed E-state index contributed by atoms with van der Waals surface area (Å²) in [5.74, 6) is 2.69. The van der Waals surface area contributed by atoms with E-state index in [1.54, 1.807) is 0 Å². The molecule has 94 valence electrons. The lowest BCUT2D eigenvalue weighted by atomic mass is 9.98. The van der Waals surface area contributed by atoms with Gasteiger partial charge in [-0.1, -0.05) is 20.8 Å². The number of rotatable bonds is 6. The third-order valence-corrected chi connectivity index (χ3v) is 4.31. The van der Waals surface area contributed by atoms with Gasteiger partial charge in [-0.25, -0.2) is 0 Å². The Hall–Kier alpha value is -0.0800. The summed E-state index contributed by atoms with van der Waals surface area (Å²) >= 11 is 0. The summed E-state index contributed by atoms with van der Waals surface area (Å²) in [6.07, 6.45) is 4.32. The lowest BCUT2D eigenvalue weighted by Gasteiger charge is -2.24. The molecule has 1 aliphatic heterocycles. The highest BCUT2D eigenvalue weighted by Crippen LogP contribution is 2.35. The maximum Gasteiger partial charge on any atom is 0.0118 e. The molecule has 0 aromatic heterocycles. The van der Waals surface area contributed by atoms with Crippen LogP contribution in [0.5, 0.6) is 0 Å². The molecule has 2 atom stereocenters. The molecule has 0 aromatic carbocycles. The van der Waals surface area contributed by atoms with Crippen LogP contribution in [0.3, 0.4) is 0 Å². The van der Waals surface area contributed by atoms with Crippen molar-refractivity contribution in [2.45, 2.75) is 46.1 Å². The van der Waals surface area contributed by atoms with Gasteiger partial charge in [0.1, 0.15) is 0 Å². The van der Waals surface area contributed by atoms with Gasteiger partial charge in [0.05, 0.1) is 0 Å². The molecule has 1 N–H and O–H groups in total. The highest BCUT2D eigenvalue weighted by atomic mass is 15.1. The van der Waals surface area contributed by atoms with E-state index in [2.05, 4.69) is 31.0 Å². The summed E-state index contributed by atoms with van der Waals surface area (Å²) < 4.78 is 0. The third kappa shape index (κ3) is 3.21. The van der Waals surface area contributed by atoms with Gasteiger partial charge in [0.2, 0.25) is 0 Å². The Morgan fingerprint density at radius 3 is 2.50 bits per heavy atom. The smallest absolute Gasteiger partial charge is 0.0118 e. The second-order valence-corrected chi connectivity index (χ2v) is 6.06. The minimum absolute atomic E-state index is 0.788. The SMILES string of the molecule is CCN1CCC(CNC(C(C)C)C2CC2)C1. The first-order chi connectivity index (χ1) is 7.70. The molecule has 0 amide bonds. The molecule has 0 spiro atoms. The minimum Gasteiger partial charge on any atom is -0.313 e. The van der Waals surface area contributed by atoms with Crippen molar-refractivity contribution in [2.75, 3.05) is 26.2 Å². The predicted octanol–water partition coefficient (Wildman–Crippen LogP) is 2.35. The van der Waals surface area contributed by atoms with Gasteiger partial charge in [-0.3, -0.25) is 0 Å². The van der Waals surface area contributed by atoms with E-state index in [1.165, 1.54) is 45.4 Å². The van der Waals surface area contributed by atoms with Crippen molar-refractivity contribution in [1.82, 2.24) is 10.2 Å². The molecule has 2 nitrogen and oxygen atoms in total. The van der Waals surface area contributed by atoms with Crippen LogP contribution >= 0.6 is 0 Å². The fraction of sp³-hybridized carbons (Fsp3) is 1.00. The van der Waals surface area contributed by atoms with E-state index >= 15 is 0 Å². The van der Waals surface area contributed by atoms with Gasteiger partial charge in [0, 0.05) is 12.6 Å². The van der Waals surface area contributed by atoms with Crippen LogP contribution in [0.2, 0.25) is 0 Å². The van der Waals surface area contributed by atoms with Crippen molar-refractivity contribution in [1.29, 1.82) is 0 Å². The highest BCUT2D eigenvalue weighted by Gasteiger charge is 2.33. The van der Waals surface area contributed by atoms with Gasteiger partial charge in [0.25, 0.3) is 0 Å². The largest absolute Gasteiger partial charge is 0.313 e. The predicted molar refractivity (Wildman–Crippen MR) is 69.6 cm³/mol. The van der Waals surface area contributed by atoms with Gasteiger partial charge in [-0.15, -0.1) is 0 Å². The van der Waals surface area contributed by atoms with Crippen LogP contribution in [0.4, 0.5) is 0 Å². The standard InChI is InChI=1S/C14H28N2/c1-4-16-8-7-12(10-16)9-15-14(11(2)3)13-5-6-13/h11-15H,4-10H2,1-3H3. The van der Waals surface area contributed by atoms with E-state index in [4.69, 9.17) is 0 Å². The van der Waals surface area contributed by atoms with Crippen LogP contribution in [-0.4, -0.2) is 37.1 Å². The number of likely N-dealkylation sites (tertiary alicyclic amines) is 1. The van der Waals surface area contributed by atoms with Crippen LogP contribution in [-0.2, 0) is 0 Å². The van der Waals surface area contributed by atoms with E-state index < -0.39 is 0 Å². The van der Waals surface area contributed by atoms with Crippen molar-refractivity contribution in [3.63, 3.8) is 0 Å². The molecule has 2 unspecified atom stereocenters. The molecular formula is C14H28N2. The van der Waals surface area contributed by atoms with Gasteiger partial charge < -0.3 is 10.2 Å². The fourth-order valence-corrected chi connectivity index (χ4v) is 3.07. The monoisotopic (exact) mass is 224 g/mol. The second-order valence-electron chi connectivity index (χ2n) is 6.06. The van der Waals surface area contributed by atoms with E-state index in [-0.39, 0.29) is 0 Å². The Labute approximate surface area is 101 Å². The van der Waals surface area contributed by atoms with Gasteiger partial charge in [0.15, 0.2) is 0 Å². The Kier molecular flexibility index (Phi) is 4.26. The maximum atomic E-state index is 3.84. The average Bonchev–Trinajstić information content (AvgIpc) is 2.97. The molecule has 0 bridgehead atoms. The molecule has 1 aliphatic carbocycles. The number of hydrogen-bond donors (Lipinski definition) is 1. The van der Waals surface area contributed by atoms with Crippen LogP contribution in [0.15, 0.2) is 0 Å². The molecule has 1 heterocycles. The van der Waals surface area contributed by atoms with Crippen molar-refractivity contribution in [2.24, 2.45) is 17.8 Å². The molecule has 2 aliphatic rings. The number of nitrogens with one attached hydrogen (secondary N) is 1. The Bertz CT molecular complexity index is 209. The first-order valence-electron chi connectivity index (χ1n) is 7.16. The third-order valence-electron chi connectivity index (χ3n) is 4.31. The first-order valence-corrected chi connectivity index (χ1v) is 7.16. The maximum absolute atomic E-state index is 3.84. The zero-order chi connectivity index (χ0) is 11.5. The quantitative estimate of drug-likeness (QED) is 0.745. The lowest BCUT2D eigenvalue weighted by molar-refractivity contribution is 0.312. The molecular weight excluding hydrogens is 196 g/mol. The molecule has 0 radical (unpaired) electrons. The number of nitrogens with zero attached hydrogens (tertiary/aromatic N) is 1. The Morgan fingerprint density at radius 1 is 1.25 bits per heavy atom. The molecule has 2 heteroatoms. The lowest BCUT2D eigenvalue weighted by Crippen LogP contribution is -2.39. The molecule has 2 fully saturated rings. The second kappa shape index (κ2) is 5.50. The van der Waals surface area contributed by atoms with Gasteiger partial charge >= 0.3 is 0 Å². The van der Waals surface area contributed by atoms with Gasteiger partial charge in [-0.2, -0.15) is 0 Å². The normalized spacial score (nSPS) is 28.9. The Morgan fingerprint density at radius 2 is 2.00 bits per heavy atom. The van der Waals surface area contributed by atoms with E-state index in [9.17, 15) is 0 Å². The summed E-state index contributed by atoms with van der Waals surface area (Å²) in [7, 11) is 0. The highest BCUT2D eigenvalue weighted by molar-refractivity contribution is 4.89. The summed E-state index contributed by atoms with van der Waals surface area (Å²) in [5, 5.41) is 3.84. The zero-order valence-electron chi connectivity index (χ0n) is 11.2. The summed E-state index contributed by atoms with van der Waals surface area (Å²) in [6, 6.07) is 0.788. The summed E-state index contributed by atoms with van der Waals surface area (Å²) in [4.78, 5) is 2.58. The van der Waals surface area contributed by atoms with Crippen LogP contribution in [0, 0.1) is 17.8 Å². The van der Waals surface area contributed by atoms with Crippen molar-refractivity contribution in [3.8, 4) is 0 Å². The van der Waals surface area contributed by atoms with E-state index in [1.807, 2.05) is 0 Å². The summed E-state index contributed by atoms with van der Waals surface area (Å²) in [5.41, 5.74) is 0. The molecule has 16 heavy (non-hydrogen) atoms. The van der Waals surface area contributed by atoms with Crippen LogP contribution in [0.25, 0.3) is 0 Å². The Balaban J connectivity index is 1.69. The molecule has 1 saturated carbocycles. The molecule has 0 aromatic rings. The summed E-state index contributed by atoms with van der Waals surface area (Å²) in [6.45, 7) is 12.1. The first kappa shape index (κ1) is 12.4. The van der Waals surface area contributed by atoms with E-state index in [0.29, 0.717) is 0 Å². The molecule has 2 rings (SSSR count). The van der Waals surface area contributed by atoms with Crippen molar-refractivity contribution in [3.05, 3.63) is 0 Å². The van der Waals surface area contributed by atoms with Crippen molar-refractivity contribution < 1.29 is 0 Å². The van der Waals surface area contributed by atoms with Crippen LogP contribution < -0.4 is 5.32 Å². The van der Waals surface area contributed by atoms with Gasteiger partial charge in [-0.05, 0) is 56.7 Å². The van der Waals surface area contributed by atoms with Crippen LogP contribution in [0.1, 0.15) is 40.0 Å². The zero-order valence-corrected chi connectivity index (χ0v) is 11.2. The van der Waals surface area contributed by atoms with E-state index in [0.717, 1.165) is 23.8 Å². The van der Waals surface area contributed by atoms with Crippen molar-refractivity contribution >= 4 is 0 Å². The average molecular weight is 224 g/mol. The topological polar surface area (TPSA) is 15.3 Å². The number of hydrogen-bond acceptors (Lipinski definition) is 2.